The normalized spacial score (nSPS) is 10.1. The van der Waals surface area contributed by atoms with Gasteiger partial charge in [-0.25, -0.2) is 0 Å². The van der Waals surface area contributed by atoms with Crippen molar-refractivity contribution < 1.29 is 9.53 Å². The Morgan fingerprint density at radius 1 is 1.20 bits per heavy atom. The van der Waals surface area contributed by atoms with Gasteiger partial charge in [-0.3, -0.25) is 4.79 Å². The molecule has 2 N–H and O–H groups in total. The molecule has 4 nitrogen and oxygen atoms in total. The number of nitrogens with two attached hydrogens (primary N) is 1. The SMILES string of the molecule is CCN(C(=O)c1cc(N)ccc1OC)c1ccccc1. The Morgan fingerprint density at radius 3 is 2.50 bits per heavy atom. The summed E-state index contributed by atoms with van der Waals surface area (Å²) in [6, 6.07) is 14.6. The third-order valence-corrected chi connectivity index (χ3v) is 3.08. The van der Waals surface area contributed by atoms with Gasteiger partial charge < -0.3 is 15.4 Å². The lowest BCUT2D eigenvalue weighted by molar-refractivity contribution is 0.0985. The zero-order chi connectivity index (χ0) is 14.5. The highest BCUT2D eigenvalue weighted by atomic mass is 16.5. The Hall–Kier alpha value is -2.49. The van der Waals surface area contributed by atoms with E-state index in [-0.39, 0.29) is 5.91 Å². The minimum Gasteiger partial charge on any atom is -0.496 e. The number of carbonyl (C=O) groups excluding carboxylic acids is 1. The Kier molecular flexibility index (Phi) is 4.25. The van der Waals surface area contributed by atoms with E-state index in [9.17, 15) is 4.79 Å². The molecule has 0 atom stereocenters. The molecule has 1 amide bonds. The average molecular weight is 270 g/mol. The predicted octanol–water partition coefficient (Wildman–Crippen LogP) is 2.94. The fraction of sp³-hybridized carbons (Fsp3) is 0.188. The Morgan fingerprint density at radius 2 is 1.90 bits per heavy atom. The minimum atomic E-state index is -0.122. The van der Waals surface area contributed by atoms with E-state index < -0.39 is 0 Å². The highest BCUT2D eigenvalue weighted by Crippen LogP contribution is 2.25. The van der Waals surface area contributed by atoms with Crippen LogP contribution < -0.4 is 15.4 Å². The molecule has 0 radical (unpaired) electrons. The highest BCUT2D eigenvalue weighted by molar-refractivity contribution is 6.08. The molecule has 2 rings (SSSR count). The van der Waals surface area contributed by atoms with Crippen molar-refractivity contribution >= 4 is 17.3 Å². The molecule has 0 saturated heterocycles. The largest absolute Gasteiger partial charge is 0.496 e. The standard InChI is InChI=1S/C16H18N2O2/c1-3-18(13-7-5-4-6-8-13)16(19)14-11-12(17)9-10-15(14)20-2/h4-11H,3,17H2,1-2H3. The topological polar surface area (TPSA) is 55.6 Å². The van der Waals surface area contributed by atoms with E-state index in [0.717, 1.165) is 5.69 Å². The zero-order valence-corrected chi connectivity index (χ0v) is 11.7. The number of anilines is 2. The number of carbonyl (C=O) groups is 1. The Labute approximate surface area is 118 Å². The number of ether oxygens (including phenoxy) is 1. The number of para-hydroxylation sites is 1. The number of rotatable bonds is 4. The number of hydrogen-bond acceptors (Lipinski definition) is 3. The summed E-state index contributed by atoms with van der Waals surface area (Å²) in [6.07, 6.45) is 0. The molecule has 0 unspecified atom stereocenters. The molecule has 0 aromatic heterocycles. The predicted molar refractivity (Wildman–Crippen MR) is 81.2 cm³/mol. The lowest BCUT2D eigenvalue weighted by Gasteiger charge is -2.22. The molecule has 0 aliphatic heterocycles. The molecule has 2 aromatic rings. The second-order valence-corrected chi connectivity index (χ2v) is 4.34. The molecule has 0 spiro atoms. The summed E-state index contributed by atoms with van der Waals surface area (Å²) in [6.45, 7) is 2.50. The van der Waals surface area contributed by atoms with Crippen LogP contribution in [0.5, 0.6) is 5.75 Å². The van der Waals surface area contributed by atoms with Crippen LogP contribution in [-0.2, 0) is 0 Å². The van der Waals surface area contributed by atoms with Gasteiger partial charge >= 0.3 is 0 Å². The molecule has 0 aliphatic carbocycles. The summed E-state index contributed by atoms with van der Waals surface area (Å²) in [5, 5.41) is 0. The van der Waals surface area contributed by atoms with Gasteiger partial charge in [0.2, 0.25) is 0 Å². The first-order valence-corrected chi connectivity index (χ1v) is 6.47. The molecule has 0 heterocycles. The van der Waals surface area contributed by atoms with Gasteiger partial charge in [0.05, 0.1) is 12.7 Å². The van der Waals surface area contributed by atoms with Crippen LogP contribution in [0.15, 0.2) is 48.5 Å². The first-order valence-electron chi connectivity index (χ1n) is 6.47. The zero-order valence-electron chi connectivity index (χ0n) is 11.7. The van der Waals surface area contributed by atoms with Crippen molar-refractivity contribution in [3.63, 3.8) is 0 Å². The molecule has 2 aromatic carbocycles. The first-order chi connectivity index (χ1) is 9.67. The van der Waals surface area contributed by atoms with Crippen LogP contribution in [0, 0.1) is 0 Å². The molecule has 20 heavy (non-hydrogen) atoms. The summed E-state index contributed by atoms with van der Waals surface area (Å²) in [5.41, 5.74) is 7.64. The van der Waals surface area contributed by atoms with Crippen LogP contribution in [0.25, 0.3) is 0 Å². The van der Waals surface area contributed by atoms with Crippen LogP contribution in [0.4, 0.5) is 11.4 Å². The van der Waals surface area contributed by atoms with Crippen LogP contribution in [0.2, 0.25) is 0 Å². The summed E-state index contributed by atoms with van der Waals surface area (Å²) in [7, 11) is 1.54. The molecule has 0 fully saturated rings. The molecule has 0 bridgehead atoms. The van der Waals surface area contributed by atoms with Gasteiger partial charge in [-0.2, -0.15) is 0 Å². The minimum absolute atomic E-state index is 0.122. The smallest absolute Gasteiger partial charge is 0.262 e. The molecular weight excluding hydrogens is 252 g/mol. The van der Waals surface area contributed by atoms with Crippen LogP contribution >= 0.6 is 0 Å². The van der Waals surface area contributed by atoms with Gasteiger partial charge in [-0.15, -0.1) is 0 Å². The second kappa shape index (κ2) is 6.10. The van der Waals surface area contributed by atoms with Crippen molar-refractivity contribution in [3.8, 4) is 5.75 Å². The highest BCUT2D eigenvalue weighted by Gasteiger charge is 2.19. The number of methoxy groups -OCH3 is 1. The quantitative estimate of drug-likeness (QED) is 0.869. The molecular formula is C16H18N2O2. The Bertz CT molecular complexity index is 597. The number of benzene rings is 2. The first kappa shape index (κ1) is 13.9. The molecule has 104 valence electrons. The second-order valence-electron chi connectivity index (χ2n) is 4.34. The van der Waals surface area contributed by atoms with Gasteiger partial charge in [0.25, 0.3) is 5.91 Å². The maximum absolute atomic E-state index is 12.7. The van der Waals surface area contributed by atoms with Crippen molar-refractivity contribution in [2.45, 2.75) is 6.92 Å². The molecule has 4 heteroatoms. The summed E-state index contributed by atoms with van der Waals surface area (Å²) in [5.74, 6) is 0.404. The maximum Gasteiger partial charge on any atom is 0.262 e. The summed E-state index contributed by atoms with van der Waals surface area (Å²) < 4.78 is 5.25. The van der Waals surface area contributed by atoms with Crippen molar-refractivity contribution in [3.05, 3.63) is 54.1 Å². The third kappa shape index (κ3) is 2.74. The number of nitrogen functional groups attached to an aromatic ring is 1. The summed E-state index contributed by atoms with van der Waals surface area (Å²) in [4.78, 5) is 14.4. The van der Waals surface area contributed by atoms with Crippen LogP contribution in [0.1, 0.15) is 17.3 Å². The Balaban J connectivity index is 2.41. The van der Waals surface area contributed by atoms with E-state index in [1.54, 1.807) is 30.2 Å². The fourth-order valence-electron chi connectivity index (χ4n) is 2.09. The van der Waals surface area contributed by atoms with E-state index in [2.05, 4.69) is 0 Å². The van der Waals surface area contributed by atoms with Gasteiger partial charge in [-0.05, 0) is 37.3 Å². The van der Waals surface area contributed by atoms with E-state index in [1.165, 1.54) is 0 Å². The van der Waals surface area contributed by atoms with Gasteiger partial charge in [0, 0.05) is 17.9 Å². The number of hydrogen-bond donors (Lipinski definition) is 1. The van der Waals surface area contributed by atoms with E-state index >= 15 is 0 Å². The molecule has 0 saturated carbocycles. The average Bonchev–Trinajstić information content (AvgIpc) is 2.49. The van der Waals surface area contributed by atoms with Crippen molar-refractivity contribution in [1.29, 1.82) is 0 Å². The van der Waals surface area contributed by atoms with E-state index in [4.69, 9.17) is 10.5 Å². The van der Waals surface area contributed by atoms with E-state index in [1.807, 2.05) is 37.3 Å². The molecule has 0 aliphatic rings. The van der Waals surface area contributed by atoms with Gasteiger partial charge in [0.15, 0.2) is 0 Å². The van der Waals surface area contributed by atoms with Crippen molar-refractivity contribution in [1.82, 2.24) is 0 Å². The maximum atomic E-state index is 12.7. The van der Waals surface area contributed by atoms with Crippen molar-refractivity contribution in [2.75, 3.05) is 24.3 Å². The van der Waals surface area contributed by atoms with Crippen LogP contribution in [0.3, 0.4) is 0 Å². The monoisotopic (exact) mass is 270 g/mol. The fourth-order valence-corrected chi connectivity index (χ4v) is 2.09. The number of nitrogens with zero attached hydrogens (tertiary/aromatic N) is 1. The third-order valence-electron chi connectivity index (χ3n) is 3.08. The summed E-state index contributed by atoms with van der Waals surface area (Å²) >= 11 is 0. The lowest BCUT2D eigenvalue weighted by atomic mass is 10.1. The van der Waals surface area contributed by atoms with Gasteiger partial charge in [0.1, 0.15) is 5.75 Å². The van der Waals surface area contributed by atoms with E-state index in [0.29, 0.717) is 23.5 Å². The lowest BCUT2D eigenvalue weighted by Crippen LogP contribution is -2.30. The van der Waals surface area contributed by atoms with Crippen molar-refractivity contribution in [2.24, 2.45) is 0 Å². The van der Waals surface area contributed by atoms with Gasteiger partial charge in [-0.1, -0.05) is 18.2 Å². The number of amides is 1. The van der Waals surface area contributed by atoms with Crippen LogP contribution in [-0.4, -0.2) is 19.6 Å².